The Morgan fingerprint density at radius 3 is 2.52 bits per heavy atom. The van der Waals surface area contributed by atoms with E-state index in [1.807, 2.05) is 0 Å². The molecule has 160 valence electrons. The van der Waals surface area contributed by atoms with Gasteiger partial charge in [-0.25, -0.2) is 4.39 Å². The number of halogens is 4. The van der Waals surface area contributed by atoms with Crippen molar-refractivity contribution in [3.63, 3.8) is 0 Å². The molecule has 0 amide bonds. The summed E-state index contributed by atoms with van der Waals surface area (Å²) in [5.74, 6) is -0.457. The van der Waals surface area contributed by atoms with Gasteiger partial charge in [-0.05, 0) is 42.3 Å². The van der Waals surface area contributed by atoms with Gasteiger partial charge in [0.2, 0.25) is 0 Å². The Bertz CT molecular complexity index is 836. The van der Waals surface area contributed by atoms with Crippen LogP contribution in [0.5, 0.6) is 5.75 Å². The van der Waals surface area contributed by atoms with Crippen molar-refractivity contribution in [1.82, 2.24) is 4.90 Å². The lowest BCUT2D eigenvalue weighted by atomic mass is 9.74. The number of nitrogens with zero attached hydrogens (tertiary/aromatic N) is 2. The molecule has 1 aromatic carbocycles. The number of methoxy groups -OCH3 is 1. The fourth-order valence-electron chi connectivity index (χ4n) is 3.43. The molecule has 1 atom stereocenters. The van der Waals surface area contributed by atoms with E-state index < -0.39 is 40.9 Å². The van der Waals surface area contributed by atoms with Crippen molar-refractivity contribution in [1.29, 1.82) is 0 Å². The van der Waals surface area contributed by atoms with E-state index in [-0.39, 0.29) is 23.6 Å². The molecule has 0 bridgehead atoms. The predicted molar refractivity (Wildman–Crippen MR) is 97.4 cm³/mol. The van der Waals surface area contributed by atoms with E-state index in [0.717, 1.165) is 17.0 Å². The standard InChI is InChI=1S/C19H22F4N2O4/c1-17(2,15-9-13(20)6-7-16(15)29-3)11-18(26,19(21,22)23)12-24-8-4-5-14(10-24)25(27)28/h4-9,26H,10-12H2,1-3H3. The molecule has 0 aliphatic carbocycles. The maximum absolute atomic E-state index is 13.9. The van der Waals surface area contributed by atoms with Crippen LogP contribution < -0.4 is 4.74 Å². The van der Waals surface area contributed by atoms with E-state index in [0.29, 0.717) is 0 Å². The van der Waals surface area contributed by atoms with Gasteiger partial charge in [0.15, 0.2) is 5.60 Å². The maximum Gasteiger partial charge on any atom is 0.418 e. The molecule has 1 N–H and O–H groups in total. The van der Waals surface area contributed by atoms with Crippen LogP contribution in [0.3, 0.4) is 0 Å². The maximum atomic E-state index is 13.9. The van der Waals surface area contributed by atoms with Gasteiger partial charge in [0, 0.05) is 11.6 Å². The van der Waals surface area contributed by atoms with Gasteiger partial charge in [0.25, 0.3) is 5.70 Å². The van der Waals surface area contributed by atoms with Gasteiger partial charge in [0.05, 0.1) is 18.6 Å². The van der Waals surface area contributed by atoms with Crippen LogP contribution in [0.4, 0.5) is 17.6 Å². The van der Waals surface area contributed by atoms with Crippen LogP contribution in [0, 0.1) is 15.9 Å². The molecule has 0 spiro atoms. The molecule has 29 heavy (non-hydrogen) atoms. The van der Waals surface area contributed by atoms with Crippen LogP contribution in [-0.4, -0.2) is 46.9 Å². The number of rotatable bonds is 7. The first-order valence-electron chi connectivity index (χ1n) is 8.68. The minimum atomic E-state index is -5.03. The summed E-state index contributed by atoms with van der Waals surface area (Å²) >= 11 is 0. The van der Waals surface area contributed by atoms with Crippen LogP contribution >= 0.6 is 0 Å². The van der Waals surface area contributed by atoms with E-state index in [1.54, 1.807) is 0 Å². The molecule has 1 aliphatic heterocycles. The summed E-state index contributed by atoms with van der Waals surface area (Å²) in [4.78, 5) is 11.3. The normalized spacial score (nSPS) is 17.0. The summed E-state index contributed by atoms with van der Waals surface area (Å²) < 4.78 is 60.5. The number of nitro groups is 1. The molecule has 0 saturated heterocycles. The van der Waals surface area contributed by atoms with E-state index in [4.69, 9.17) is 4.74 Å². The molecular weight excluding hydrogens is 396 g/mol. The van der Waals surface area contributed by atoms with E-state index in [1.165, 1.54) is 45.4 Å². The lowest BCUT2D eigenvalue weighted by molar-refractivity contribution is -0.428. The second kappa shape index (κ2) is 8.02. The molecule has 6 nitrogen and oxygen atoms in total. The molecule has 1 unspecified atom stereocenters. The minimum Gasteiger partial charge on any atom is -0.496 e. The fraction of sp³-hybridized carbons (Fsp3) is 0.474. The second-order valence-electron chi connectivity index (χ2n) is 7.60. The first-order chi connectivity index (χ1) is 13.3. The number of alkyl halides is 3. The van der Waals surface area contributed by atoms with Crippen molar-refractivity contribution < 1.29 is 32.3 Å². The van der Waals surface area contributed by atoms with Crippen molar-refractivity contribution in [2.45, 2.75) is 37.5 Å². The van der Waals surface area contributed by atoms with Crippen LogP contribution in [0.2, 0.25) is 0 Å². The highest BCUT2D eigenvalue weighted by atomic mass is 19.4. The monoisotopic (exact) mass is 418 g/mol. The second-order valence-corrected chi connectivity index (χ2v) is 7.60. The molecule has 1 aliphatic rings. The van der Waals surface area contributed by atoms with Crippen LogP contribution in [0.15, 0.2) is 42.2 Å². The predicted octanol–water partition coefficient (Wildman–Crippen LogP) is 3.79. The molecule has 0 saturated carbocycles. The van der Waals surface area contributed by atoms with Crippen LogP contribution in [0.1, 0.15) is 25.8 Å². The molecule has 1 heterocycles. The summed E-state index contributed by atoms with van der Waals surface area (Å²) in [6.07, 6.45) is -2.16. The Hall–Kier alpha value is -2.62. The SMILES string of the molecule is COc1ccc(F)cc1C(C)(C)CC(O)(CN1C=CC=C([N+](=O)[O-])C1)C(F)(F)F. The smallest absolute Gasteiger partial charge is 0.418 e. The highest BCUT2D eigenvalue weighted by Gasteiger charge is 2.57. The highest BCUT2D eigenvalue weighted by molar-refractivity contribution is 5.39. The molecule has 0 fully saturated rings. The van der Waals surface area contributed by atoms with Gasteiger partial charge >= 0.3 is 6.18 Å². The average molecular weight is 418 g/mol. The zero-order chi connectivity index (χ0) is 22.0. The summed E-state index contributed by atoms with van der Waals surface area (Å²) in [6, 6.07) is 3.50. The van der Waals surface area contributed by atoms with Crippen molar-refractivity contribution in [2.75, 3.05) is 20.2 Å². The van der Waals surface area contributed by atoms with E-state index >= 15 is 0 Å². The molecule has 2 rings (SSSR count). The van der Waals surface area contributed by atoms with Gasteiger partial charge in [0.1, 0.15) is 18.1 Å². The highest BCUT2D eigenvalue weighted by Crippen LogP contribution is 2.44. The van der Waals surface area contributed by atoms with Crippen molar-refractivity contribution >= 4 is 0 Å². The number of hydrogen-bond acceptors (Lipinski definition) is 5. The average Bonchev–Trinajstić information content (AvgIpc) is 2.60. The fourth-order valence-corrected chi connectivity index (χ4v) is 3.43. The molecule has 0 aromatic heterocycles. The molecule has 0 radical (unpaired) electrons. The Morgan fingerprint density at radius 1 is 1.31 bits per heavy atom. The van der Waals surface area contributed by atoms with Gasteiger partial charge in [-0.15, -0.1) is 0 Å². The number of ether oxygens (including phenoxy) is 1. The summed E-state index contributed by atoms with van der Waals surface area (Å²) in [6.45, 7) is 1.58. The number of benzene rings is 1. The van der Waals surface area contributed by atoms with Crippen molar-refractivity contribution in [3.05, 3.63) is 63.7 Å². The van der Waals surface area contributed by atoms with Gasteiger partial charge < -0.3 is 14.7 Å². The molecule has 10 heteroatoms. The third-order valence-corrected chi connectivity index (χ3v) is 4.80. The van der Waals surface area contributed by atoms with E-state index in [2.05, 4.69) is 0 Å². The quantitative estimate of drug-likeness (QED) is 0.414. The summed E-state index contributed by atoms with van der Waals surface area (Å²) in [5, 5.41) is 21.6. The lowest BCUT2D eigenvalue weighted by Gasteiger charge is -2.40. The van der Waals surface area contributed by atoms with Crippen molar-refractivity contribution in [3.8, 4) is 5.75 Å². The topological polar surface area (TPSA) is 75.8 Å². The summed E-state index contributed by atoms with van der Waals surface area (Å²) in [7, 11) is 1.31. The third kappa shape index (κ3) is 5.06. The summed E-state index contributed by atoms with van der Waals surface area (Å²) in [5.41, 5.74) is -4.67. The third-order valence-electron chi connectivity index (χ3n) is 4.80. The Balaban J connectivity index is 2.36. The number of β-amino-alcohol motifs (C(OH)–C–C–N with tert-alkyl or cyclic N) is 1. The van der Waals surface area contributed by atoms with Gasteiger partial charge in [-0.1, -0.05) is 13.8 Å². The zero-order valence-electron chi connectivity index (χ0n) is 16.2. The Labute approximate surface area is 165 Å². The van der Waals surface area contributed by atoms with Gasteiger partial charge in [-0.3, -0.25) is 10.1 Å². The number of allylic oxidation sites excluding steroid dienone is 2. The number of hydrogen-bond donors (Lipinski definition) is 1. The first-order valence-corrected chi connectivity index (χ1v) is 8.68. The van der Waals surface area contributed by atoms with Crippen LogP contribution in [0.25, 0.3) is 0 Å². The van der Waals surface area contributed by atoms with Crippen molar-refractivity contribution in [2.24, 2.45) is 0 Å². The zero-order valence-corrected chi connectivity index (χ0v) is 16.2. The van der Waals surface area contributed by atoms with Crippen LogP contribution in [-0.2, 0) is 5.41 Å². The lowest BCUT2D eigenvalue weighted by Crippen LogP contribution is -2.55. The Morgan fingerprint density at radius 2 is 1.97 bits per heavy atom. The first kappa shape index (κ1) is 22.7. The number of aliphatic hydroxyl groups is 1. The Kier molecular flexibility index (Phi) is 6.27. The molecular formula is C19H22F4N2O4. The van der Waals surface area contributed by atoms with Gasteiger partial charge in [-0.2, -0.15) is 13.2 Å². The molecule has 1 aromatic rings. The minimum absolute atomic E-state index is 0.169. The van der Waals surface area contributed by atoms with E-state index in [9.17, 15) is 32.8 Å². The largest absolute Gasteiger partial charge is 0.496 e.